The molecule has 0 aromatic heterocycles. The number of carbonyl (C=O) groups excluding carboxylic acids is 1. The third-order valence-corrected chi connectivity index (χ3v) is 3.58. The van der Waals surface area contributed by atoms with Crippen molar-refractivity contribution in [2.75, 3.05) is 13.7 Å². The van der Waals surface area contributed by atoms with Crippen LogP contribution in [0.5, 0.6) is 5.75 Å². The third-order valence-electron chi connectivity index (χ3n) is 2.96. The maximum absolute atomic E-state index is 11.6. The van der Waals surface area contributed by atoms with Gasteiger partial charge in [0.15, 0.2) is 0 Å². The molecule has 0 radical (unpaired) electrons. The molecule has 0 saturated carbocycles. The highest BCUT2D eigenvalue weighted by atomic mass is 79.9. The quantitative estimate of drug-likeness (QED) is 0.739. The van der Waals surface area contributed by atoms with Crippen LogP contribution in [0.25, 0.3) is 0 Å². The minimum absolute atomic E-state index is 0.128. The fourth-order valence-corrected chi connectivity index (χ4v) is 2.40. The number of benzene rings is 1. The molecule has 0 unspecified atom stereocenters. The van der Waals surface area contributed by atoms with Gasteiger partial charge in [0.1, 0.15) is 5.75 Å². The van der Waals surface area contributed by atoms with Crippen LogP contribution in [0.1, 0.15) is 38.2 Å². The van der Waals surface area contributed by atoms with Crippen LogP contribution < -0.4 is 10.1 Å². The highest BCUT2D eigenvalue weighted by Crippen LogP contribution is 2.25. The molecular formula is C15H22BrNO2. The Balaban J connectivity index is 2.32. The molecule has 0 spiro atoms. The van der Waals surface area contributed by atoms with Gasteiger partial charge in [0.25, 0.3) is 0 Å². The summed E-state index contributed by atoms with van der Waals surface area (Å²) in [5.74, 6) is 0.941. The van der Waals surface area contributed by atoms with Crippen LogP contribution in [0, 0.1) is 0 Å². The lowest BCUT2D eigenvalue weighted by atomic mass is 10.1. The van der Waals surface area contributed by atoms with Crippen LogP contribution >= 0.6 is 15.9 Å². The molecule has 1 aromatic rings. The molecule has 106 valence electrons. The monoisotopic (exact) mass is 327 g/mol. The zero-order valence-electron chi connectivity index (χ0n) is 11.7. The molecule has 0 heterocycles. The van der Waals surface area contributed by atoms with Crippen LogP contribution in [-0.2, 0) is 11.2 Å². The highest BCUT2D eigenvalue weighted by Gasteiger charge is 2.04. The molecular weight excluding hydrogens is 306 g/mol. The van der Waals surface area contributed by atoms with E-state index in [9.17, 15) is 4.79 Å². The lowest BCUT2D eigenvalue weighted by Crippen LogP contribution is -2.24. The van der Waals surface area contributed by atoms with E-state index in [1.54, 1.807) is 7.11 Å². The van der Waals surface area contributed by atoms with Gasteiger partial charge in [-0.25, -0.2) is 0 Å². The number of amides is 1. The summed E-state index contributed by atoms with van der Waals surface area (Å²) in [4.78, 5) is 11.6. The van der Waals surface area contributed by atoms with Gasteiger partial charge in [-0.2, -0.15) is 0 Å². The molecule has 19 heavy (non-hydrogen) atoms. The lowest BCUT2D eigenvalue weighted by molar-refractivity contribution is -0.121. The van der Waals surface area contributed by atoms with Gasteiger partial charge in [-0.15, -0.1) is 0 Å². The summed E-state index contributed by atoms with van der Waals surface area (Å²) >= 11 is 3.45. The predicted octanol–water partition coefficient (Wildman–Crippen LogP) is 3.70. The number of carbonyl (C=O) groups is 1. The minimum Gasteiger partial charge on any atom is -0.496 e. The first-order valence-electron chi connectivity index (χ1n) is 6.76. The first-order valence-corrected chi connectivity index (χ1v) is 7.55. The van der Waals surface area contributed by atoms with Crippen molar-refractivity contribution in [1.29, 1.82) is 0 Å². The summed E-state index contributed by atoms with van der Waals surface area (Å²) in [7, 11) is 1.64. The highest BCUT2D eigenvalue weighted by molar-refractivity contribution is 9.10. The summed E-state index contributed by atoms with van der Waals surface area (Å²) in [5, 5.41) is 2.95. The molecule has 0 aliphatic rings. The number of rotatable bonds is 8. The van der Waals surface area contributed by atoms with Gasteiger partial charge in [0.2, 0.25) is 5.91 Å². The topological polar surface area (TPSA) is 38.3 Å². The number of halogens is 1. The van der Waals surface area contributed by atoms with E-state index in [0.717, 1.165) is 35.2 Å². The average molecular weight is 328 g/mol. The fourth-order valence-electron chi connectivity index (χ4n) is 1.81. The van der Waals surface area contributed by atoms with Gasteiger partial charge in [-0.05, 0) is 46.5 Å². The van der Waals surface area contributed by atoms with E-state index in [0.29, 0.717) is 6.42 Å². The Bertz CT molecular complexity index is 407. The molecule has 3 nitrogen and oxygen atoms in total. The van der Waals surface area contributed by atoms with Crippen molar-refractivity contribution in [1.82, 2.24) is 5.32 Å². The SMILES string of the molecule is CCCCCNC(=O)CCc1ccc(OC)c(Br)c1. The van der Waals surface area contributed by atoms with Crippen LogP contribution in [0.4, 0.5) is 0 Å². The Hall–Kier alpha value is -1.03. The van der Waals surface area contributed by atoms with Crippen molar-refractivity contribution in [2.45, 2.75) is 39.0 Å². The second-order valence-corrected chi connectivity index (χ2v) is 5.38. The molecule has 0 saturated heterocycles. The number of methoxy groups -OCH3 is 1. The van der Waals surface area contributed by atoms with Crippen molar-refractivity contribution in [3.63, 3.8) is 0 Å². The van der Waals surface area contributed by atoms with Gasteiger partial charge in [-0.3, -0.25) is 4.79 Å². The summed E-state index contributed by atoms with van der Waals surface area (Å²) < 4.78 is 6.10. The molecule has 0 bridgehead atoms. The first-order chi connectivity index (χ1) is 9.17. The number of hydrogen-bond acceptors (Lipinski definition) is 2. The second kappa shape index (κ2) is 8.97. The summed E-state index contributed by atoms with van der Waals surface area (Å²) in [6, 6.07) is 5.91. The Labute approximate surface area is 123 Å². The number of nitrogens with one attached hydrogen (secondary N) is 1. The Morgan fingerprint density at radius 3 is 2.79 bits per heavy atom. The van der Waals surface area contributed by atoms with Gasteiger partial charge in [0.05, 0.1) is 11.6 Å². The smallest absolute Gasteiger partial charge is 0.220 e. The van der Waals surface area contributed by atoms with Crippen molar-refractivity contribution < 1.29 is 9.53 Å². The average Bonchev–Trinajstić information content (AvgIpc) is 2.41. The zero-order valence-corrected chi connectivity index (χ0v) is 13.3. The number of ether oxygens (including phenoxy) is 1. The standard InChI is InChI=1S/C15H22BrNO2/c1-3-4-5-10-17-15(18)9-7-12-6-8-14(19-2)13(16)11-12/h6,8,11H,3-5,7,9-10H2,1-2H3,(H,17,18). The van der Waals surface area contributed by atoms with Gasteiger partial charge in [0, 0.05) is 13.0 Å². The van der Waals surface area contributed by atoms with Crippen molar-refractivity contribution >= 4 is 21.8 Å². The van der Waals surface area contributed by atoms with E-state index in [2.05, 4.69) is 28.2 Å². The molecule has 0 aliphatic heterocycles. The largest absolute Gasteiger partial charge is 0.496 e. The molecule has 1 N–H and O–H groups in total. The van der Waals surface area contributed by atoms with Gasteiger partial charge < -0.3 is 10.1 Å². The van der Waals surface area contributed by atoms with E-state index < -0.39 is 0 Å². The number of hydrogen-bond donors (Lipinski definition) is 1. The van der Waals surface area contributed by atoms with Crippen molar-refractivity contribution in [2.24, 2.45) is 0 Å². The van der Waals surface area contributed by atoms with E-state index >= 15 is 0 Å². The molecule has 1 aromatic carbocycles. The lowest BCUT2D eigenvalue weighted by Gasteiger charge is -2.07. The van der Waals surface area contributed by atoms with E-state index in [1.165, 1.54) is 12.8 Å². The van der Waals surface area contributed by atoms with E-state index in [4.69, 9.17) is 4.74 Å². The first kappa shape index (κ1) is 16.0. The summed E-state index contributed by atoms with van der Waals surface area (Å²) in [5.41, 5.74) is 1.14. The van der Waals surface area contributed by atoms with Crippen LogP contribution in [0.15, 0.2) is 22.7 Å². The predicted molar refractivity (Wildman–Crippen MR) is 81.5 cm³/mol. The van der Waals surface area contributed by atoms with Crippen molar-refractivity contribution in [3.05, 3.63) is 28.2 Å². The molecule has 1 amide bonds. The van der Waals surface area contributed by atoms with Crippen LogP contribution in [0.2, 0.25) is 0 Å². The minimum atomic E-state index is 0.128. The van der Waals surface area contributed by atoms with E-state index in [1.807, 2.05) is 18.2 Å². The number of unbranched alkanes of at least 4 members (excludes halogenated alkanes) is 2. The second-order valence-electron chi connectivity index (χ2n) is 4.53. The van der Waals surface area contributed by atoms with Crippen molar-refractivity contribution in [3.8, 4) is 5.75 Å². The van der Waals surface area contributed by atoms with Gasteiger partial charge >= 0.3 is 0 Å². The zero-order chi connectivity index (χ0) is 14.1. The summed E-state index contributed by atoms with van der Waals surface area (Å²) in [6.07, 6.45) is 4.70. The Kier molecular flexibility index (Phi) is 7.56. The maximum Gasteiger partial charge on any atom is 0.220 e. The molecule has 1 rings (SSSR count). The summed E-state index contributed by atoms with van der Waals surface area (Å²) in [6.45, 7) is 2.95. The molecule has 0 aliphatic carbocycles. The fraction of sp³-hybridized carbons (Fsp3) is 0.533. The molecule has 0 fully saturated rings. The van der Waals surface area contributed by atoms with Gasteiger partial charge in [-0.1, -0.05) is 25.8 Å². The Morgan fingerprint density at radius 2 is 2.16 bits per heavy atom. The normalized spacial score (nSPS) is 10.3. The molecule has 0 atom stereocenters. The molecule has 4 heteroatoms. The Morgan fingerprint density at radius 1 is 1.37 bits per heavy atom. The van der Waals surface area contributed by atoms with Crippen LogP contribution in [0.3, 0.4) is 0 Å². The van der Waals surface area contributed by atoms with Crippen LogP contribution in [-0.4, -0.2) is 19.6 Å². The maximum atomic E-state index is 11.6. The number of aryl methyl sites for hydroxylation is 1. The third kappa shape index (κ3) is 6.10. The van der Waals surface area contributed by atoms with E-state index in [-0.39, 0.29) is 5.91 Å².